The smallest absolute Gasteiger partial charge is 0.256 e. The van der Waals surface area contributed by atoms with Gasteiger partial charge in [-0.25, -0.2) is 4.98 Å². The number of rotatable bonds is 1. The molecule has 1 amide bonds. The molecular weight excluding hydrogens is 282 g/mol. The lowest BCUT2D eigenvalue weighted by Gasteiger charge is -1.98. The van der Waals surface area contributed by atoms with E-state index in [-0.39, 0.29) is 5.91 Å². The second-order valence-corrected chi connectivity index (χ2v) is 6.35. The van der Waals surface area contributed by atoms with Gasteiger partial charge in [0.2, 0.25) is 0 Å². The maximum atomic E-state index is 12.2. The van der Waals surface area contributed by atoms with Gasteiger partial charge in [-0.2, -0.15) is 0 Å². The van der Waals surface area contributed by atoms with Crippen LogP contribution < -0.4 is 5.32 Å². The van der Waals surface area contributed by atoms with E-state index in [0.29, 0.717) is 5.57 Å². The van der Waals surface area contributed by atoms with Crippen LogP contribution in [0.15, 0.2) is 30.5 Å². The van der Waals surface area contributed by atoms with Crippen LogP contribution in [0.25, 0.3) is 16.6 Å². The summed E-state index contributed by atoms with van der Waals surface area (Å²) in [5, 5.41) is 2.90. The highest BCUT2D eigenvalue weighted by Gasteiger charge is 2.24. The number of aromatic nitrogens is 2. The third-order valence-corrected chi connectivity index (χ3v) is 4.55. The number of nitrogens with one attached hydrogen (secondary N) is 1. The Balaban J connectivity index is 1.94. The van der Waals surface area contributed by atoms with Gasteiger partial charge < -0.3 is 5.32 Å². The fourth-order valence-electron chi connectivity index (χ4n) is 2.67. The highest BCUT2D eigenvalue weighted by atomic mass is 32.1. The summed E-state index contributed by atoms with van der Waals surface area (Å²) in [6.07, 6.45) is 3.99. The molecule has 0 spiro atoms. The van der Waals surface area contributed by atoms with Gasteiger partial charge in [0, 0.05) is 22.3 Å². The van der Waals surface area contributed by atoms with E-state index in [1.807, 2.05) is 37.3 Å². The Morgan fingerprint density at radius 2 is 2.10 bits per heavy atom. The fraction of sp³-hybridized carbons (Fsp3) is 0.125. The molecule has 0 bridgehead atoms. The summed E-state index contributed by atoms with van der Waals surface area (Å²) < 4.78 is 2.05. The zero-order valence-corrected chi connectivity index (χ0v) is 12.5. The number of fused-ring (bicyclic) bond motifs is 2. The molecule has 3 heterocycles. The van der Waals surface area contributed by atoms with Crippen LogP contribution in [0.4, 0.5) is 5.69 Å². The van der Waals surface area contributed by atoms with Crippen LogP contribution in [0.3, 0.4) is 0 Å². The van der Waals surface area contributed by atoms with E-state index in [1.54, 1.807) is 11.3 Å². The van der Waals surface area contributed by atoms with E-state index in [2.05, 4.69) is 27.8 Å². The van der Waals surface area contributed by atoms with E-state index >= 15 is 0 Å². The molecule has 1 N–H and O–H groups in total. The molecule has 5 heteroatoms. The summed E-state index contributed by atoms with van der Waals surface area (Å²) >= 11 is 1.65. The first-order valence-electron chi connectivity index (χ1n) is 6.71. The molecule has 0 radical (unpaired) electrons. The molecule has 0 saturated carbocycles. The van der Waals surface area contributed by atoms with Crippen molar-refractivity contribution in [2.75, 3.05) is 5.32 Å². The van der Waals surface area contributed by atoms with E-state index < -0.39 is 0 Å². The van der Waals surface area contributed by atoms with Crippen molar-refractivity contribution in [2.45, 2.75) is 13.8 Å². The summed E-state index contributed by atoms with van der Waals surface area (Å²) in [5.41, 5.74) is 4.42. The highest BCUT2D eigenvalue weighted by Crippen LogP contribution is 2.33. The number of aryl methyl sites for hydroxylation is 2. The number of carbonyl (C=O) groups is 1. The number of hydrogen-bond acceptors (Lipinski definition) is 3. The Morgan fingerprint density at radius 1 is 1.29 bits per heavy atom. The third kappa shape index (κ3) is 1.81. The van der Waals surface area contributed by atoms with Crippen LogP contribution in [0.5, 0.6) is 0 Å². The summed E-state index contributed by atoms with van der Waals surface area (Å²) in [7, 11) is 0. The lowest BCUT2D eigenvalue weighted by atomic mass is 10.1. The largest absolute Gasteiger partial charge is 0.321 e. The number of para-hydroxylation sites is 1. The van der Waals surface area contributed by atoms with Gasteiger partial charge in [-0.05, 0) is 26.0 Å². The fourth-order valence-corrected chi connectivity index (χ4v) is 3.55. The molecule has 3 aromatic rings. The molecule has 0 atom stereocenters. The van der Waals surface area contributed by atoms with Crippen LogP contribution in [0.2, 0.25) is 0 Å². The van der Waals surface area contributed by atoms with E-state index in [0.717, 1.165) is 27.6 Å². The number of thiazole rings is 1. The first kappa shape index (κ1) is 12.3. The summed E-state index contributed by atoms with van der Waals surface area (Å²) in [5.74, 6) is -0.0579. The molecule has 104 valence electrons. The lowest BCUT2D eigenvalue weighted by Crippen LogP contribution is -2.03. The normalized spacial score (nSPS) is 15.7. The maximum Gasteiger partial charge on any atom is 0.256 e. The molecule has 4 rings (SSSR count). The zero-order chi connectivity index (χ0) is 14.6. The predicted octanol–water partition coefficient (Wildman–Crippen LogP) is 3.51. The monoisotopic (exact) mass is 295 g/mol. The zero-order valence-electron chi connectivity index (χ0n) is 11.7. The average molecular weight is 295 g/mol. The highest BCUT2D eigenvalue weighted by molar-refractivity contribution is 7.17. The molecule has 1 aromatic carbocycles. The van der Waals surface area contributed by atoms with Gasteiger partial charge in [0.25, 0.3) is 5.91 Å². The van der Waals surface area contributed by atoms with E-state index in [4.69, 9.17) is 0 Å². The minimum absolute atomic E-state index is 0.0579. The van der Waals surface area contributed by atoms with E-state index in [9.17, 15) is 4.79 Å². The number of benzene rings is 1. The Labute approximate surface area is 125 Å². The van der Waals surface area contributed by atoms with Gasteiger partial charge in [-0.1, -0.05) is 18.2 Å². The first-order valence-corrected chi connectivity index (χ1v) is 7.52. The Bertz CT molecular complexity index is 917. The van der Waals surface area contributed by atoms with Crippen molar-refractivity contribution in [3.8, 4) is 0 Å². The molecule has 1 aliphatic rings. The van der Waals surface area contributed by atoms with Crippen LogP contribution in [-0.2, 0) is 4.79 Å². The van der Waals surface area contributed by atoms with Crippen LogP contribution in [0, 0.1) is 13.8 Å². The second-order valence-electron chi connectivity index (χ2n) is 5.13. The number of imidazole rings is 1. The molecule has 0 saturated heterocycles. The van der Waals surface area contributed by atoms with Gasteiger partial charge in [-0.15, -0.1) is 11.3 Å². The first-order chi connectivity index (χ1) is 10.1. The molecule has 0 unspecified atom stereocenters. The SMILES string of the molecule is Cc1cn2c(C=C3C(=O)Nc4ccccc43)c(C)nc2s1. The van der Waals surface area contributed by atoms with Crippen LogP contribution in [-0.4, -0.2) is 15.3 Å². The molecule has 21 heavy (non-hydrogen) atoms. The molecular formula is C16H13N3OS. The lowest BCUT2D eigenvalue weighted by molar-refractivity contribution is -0.110. The number of anilines is 1. The Kier molecular flexibility index (Phi) is 2.53. The minimum atomic E-state index is -0.0579. The van der Waals surface area contributed by atoms with Crippen molar-refractivity contribution in [2.24, 2.45) is 0 Å². The van der Waals surface area contributed by atoms with Crippen molar-refractivity contribution in [1.29, 1.82) is 0 Å². The minimum Gasteiger partial charge on any atom is -0.321 e. The summed E-state index contributed by atoms with van der Waals surface area (Å²) in [6.45, 7) is 4.03. The summed E-state index contributed by atoms with van der Waals surface area (Å²) in [6, 6.07) is 7.75. The van der Waals surface area contributed by atoms with Crippen molar-refractivity contribution >= 4 is 39.5 Å². The second kappa shape index (κ2) is 4.30. The van der Waals surface area contributed by atoms with Gasteiger partial charge in [-0.3, -0.25) is 9.20 Å². The standard InChI is InChI=1S/C16H13N3OS/c1-9-8-19-14(10(2)17-16(19)21-9)7-12-11-5-3-4-6-13(11)18-15(12)20/h3-8H,1-2H3,(H,18,20). The maximum absolute atomic E-state index is 12.2. The van der Waals surface area contributed by atoms with Crippen molar-refractivity contribution in [3.05, 3.63) is 52.3 Å². The Hall–Kier alpha value is -2.40. The van der Waals surface area contributed by atoms with Gasteiger partial charge in [0.1, 0.15) is 0 Å². The topological polar surface area (TPSA) is 46.4 Å². The van der Waals surface area contributed by atoms with Gasteiger partial charge >= 0.3 is 0 Å². The van der Waals surface area contributed by atoms with Gasteiger partial charge in [0.15, 0.2) is 4.96 Å². The molecule has 2 aromatic heterocycles. The summed E-state index contributed by atoms with van der Waals surface area (Å²) in [4.78, 5) is 18.9. The average Bonchev–Trinajstić information content (AvgIpc) is 3.04. The van der Waals surface area contributed by atoms with Crippen molar-refractivity contribution in [1.82, 2.24) is 9.38 Å². The molecule has 1 aliphatic heterocycles. The van der Waals surface area contributed by atoms with Crippen molar-refractivity contribution in [3.63, 3.8) is 0 Å². The number of amides is 1. The van der Waals surface area contributed by atoms with E-state index in [1.165, 1.54) is 4.88 Å². The van der Waals surface area contributed by atoms with Crippen LogP contribution in [0.1, 0.15) is 21.8 Å². The molecule has 4 nitrogen and oxygen atoms in total. The number of nitrogens with zero attached hydrogens (tertiary/aromatic N) is 2. The number of carbonyl (C=O) groups excluding carboxylic acids is 1. The number of hydrogen-bond donors (Lipinski definition) is 1. The molecule has 0 fully saturated rings. The molecule has 0 aliphatic carbocycles. The Morgan fingerprint density at radius 3 is 2.95 bits per heavy atom. The van der Waals surface area contributed by atoms with Crippen LogP contribution >= 0.6 is 11.3 Å². The quantitative estimate of drug-likeness (QED) is 0.698. The van der Waals surface area contributed by atoms with Gasteiger partial charge in [0.05, 0.1) is 17.0 Å². The predicted molar refractivity (Wildman–Crippen MR) is 85.5 cm³/mol. The third-order valence-electron chi connectivity index (χ3n) is 3.65. The van der Waals surface area contributed by atoms with Crippen molar-refractivity contribution < 1.29 is 4.79 Å².